The summed E-state index contributed by atoms with van der Waals surface area (Å²) in [5, 5.41) is 17.0. The Balaban J connectivity index is 1.28. The van der Waals surface area contributed by atoms with Gasteiger partial charge in [-0.3, -0.25) is 0 Å². The second kappa shape index (κ2) is 11.5. The number of para-hydroxylation sites is 1. The van der Waals surface area contributed by atoms with Crippen molar-refractivity contribution in [3.05, 3.63) is 125 Å². The van der Waals surface area contributed by atoms with Crippen LogP contribution in [0, 0.1) is 0 Å². The summed E-state index contributed by atoms with van der Waals surface area (Å²) in [6.45, 7) is 0.633. The van der Waals surface area contributed by atoms with Crippen molar-refractivity contribution in [2.75, 3.05) is 5.32 Å². The first-order valence-electron chi connectivity index (χ1n) is 11.4. The first-order chi connectivity index (χ1) is 17.6. The van der Waals surface area contributed by atoms with Crippen molar-refractivity contribution in [1.82, 2.24) is 8.43 Å². The number of anilines is 1. The van der Waals surface area contributed by atoms with Crippen LogP contribution in [0.4, 0.5) is 5.69 Å². The van der Waals surface area contributed by atoms with E-state index in [1.54, 1.807) is 6.07 Å². The van der Waals surface area contributed by atoms with Gasteiger partial charge in [0.15, 0.2) is 0 Å². The molecule has 0 aromatic heterocycles. The van der Waals surface area contributed by atoms with Gasteiger partial charge in [0, 0.05) is 0 Å². The number of halogens is 2. The van der Waals surface area contributed by atoms with Crippen LogP contribution in [0.15, 0.2) is 108 Å². The number of amides is 1. The van der Waals surface area contributed by atoms with E-state index in [1.165, 1.54) is 0 Å². The van der Waals surface area contributed by atoms with Crippen LogP contribution in [-0.2, 0) is 17.8 Å². The summed E-state index contributed by atoms with van der Waals surface area (Å²) < 4.78 is 4.54. The minimum atomic E-state index is -0.167. The molecule has 3 aromatic carbocycles. The average molecular weight is 698 g/mol. The van der Waals surface area contributed by atoms with Crippen LogP contribution in [0.5, 0.6) is 5.75 Å². The van der Waals surface area contributed by atoms with Gasteiger partial charge >= 0.3 is 200 Å². The monoisotopic (exact) mass is 698 g/mol. The molecule has 2 heterocycles. The molecular formula is C28H23BI2N3O2-. The van der Waals surface area contributed by atoms with E-state index in [4.69, 9.17) is 7.85 Å². The number of phenols is 1. The summed E-state index contributed by atoms with van der Waals surface area (Å²) in [5.74, 6) is 1.22. The molecule has 1 amide bonds. The van der Waals surface area contributed by atoms with Gasteiger partial charge in [-0.15, -0.1) is 0 Å². The summed E-state index contributed by atoms with van der Waals surface area (Å²) >= 11 is -0.212. The van der Waals surface area contributed by atoms with E-state index in [0.29, 0.717) is 13.0 Å². The van der Waals surface area contributed by atoms with Crippen LogP contribution in [0.25, 0.3) is 5.57 Å². The molecule has 3 aromatic rings. The molecule has 5 nitrogen and oxygen atoms in total. The predicted molar refractivity (Wildman–Crippen MR) is 151 cm³/mol. The Hall–Kier alpha value is -2.86. The third-order valence-electron chi connectivity index (χ3n) is 5.70. The molecule has 2 radical (unpaired) electrons. The normalized spacial score (nSPS) is 15.1. The first kappa shape index (κ1) is 24.8. The summed E-state index contributed by atoms with van der Waals surface area (Å²) in [5.41, 5.74) is 6.40. The Labute approximate surface area is 228 Å². The number of aromatic hydroxyl groups is 1. The molecule has 0 spiro atoms. The number of nitrogens with zero attached hydrogens (tertiary/aromatic N) is 1. The van der Waals surface area contributed by atoms with Gasteiger partial charge in [0.1, 0.15) is 0 Å². The van der Waals surface area contributed by atoms with Crippen molar-refractivity contribution >= 4 is 45.8 Å². The third-order valence-corrected chi connectivity index (χ3v) is 13.7. The topological polar surface area (TPSA) is 64.6 Å². The molecule has 180 valence electrons. The van der Waals surface area contributed by atoms with Gasteiger partial charge in [-0.1, -0.05) is 30.3 Å². The van der Waals surface area contributed by atoms with Gasteiger partial charge < -0.3 is 0 Å². The fraction of sp³-hybridized carbons (Fsp3) is 0.0714. The second-order valence-electron chi connectivity index (χ2n) is 8.28. The molecule has 36 heavy (non-hydrogen) atoms. The van der Waals surface area contributed by atoms with Crippen molar-refractivity contribution in [1.29, 1.82) is 0 Å². The number of fused-ring (bicyclic) bond motifs is 1. The van der Waals surface area contributed by atoms with E-state index >= 15 is 0 Å². The Kier molecular flexibility index (Phi) is 7.91. The van der Waals surface area contributed by atoms with Gasteiger partial charge in [-0.05, 0) is 0 Å². The predicted octanol–water partition coefficient (Wildman–Crippen LogP) is 1.99. The van der Waals surface area contributed by atoms with Crippen molar-refractivity contribution < 1.29 is 27.4 Å². The maximum absolute atomic E-state index is 12.4. The van der Waals surface area contributed by atoms with Crippen molar-refractivity contribution in [3.63, 3.8) is 0 Å². The second-order valence-corrected chi connectivity index (χ2v) is 16.3. The summed E-state index contributed by atoms with van der Waals surface area (Å²) in [6.07, 6.45) is 4.52. The number of carbonyl (C=O) groups is 1. The summed E-state index contributed by atoms with van der Waals surface area (Å²) in [7, 11) is 6.37. The number of hydrogen-bond acceptors (Lipinski definition) is 4. The molecule has 3 N–H and O–H groups in total. The number of nitrogens with one attached hydrogen (secondary N) is 2. The molecule has 0 saturated heterocycles. The number of phenolic OH excluding ortho intramolecular Hbond substituents is 1. The number of allylic oxidation sites excluding steroid dienone is 4. The van der Waals surface area contributed by atoms with E-state index < -0.39 is 0 Å². The molecule has 0 bridgehead atoms. The minimum absolute atomic E-state index is 0.0334. The summed E-state index contributed by atoms with van der Waals surface area (Å²) in [6, 6.07) is 25.0. The molecule has 0 saturated carbocycles. The number of carbonyl (C=O) groups excluding carboxylic acids is 1. The molecule has 8 heteroatoms. The molecule has 0 atom stereocenters. The van der Waals surface area contributed by atoms with E-state index in [0.717, 1.165) is 44.9 Å². The Morgan fingerprint density at radius 3 is 2.47 bits per heavy atom. The quantitative estimate of drug-likeness (QED) is 0.201. The molecule has 0 aliphatic carbocycles. The van der Waals surface area contributed by atoms with Crippen LogP contribution < -0.4 is 28.1 Å². The average Bonchev–Trinajstić information content (AvgIpc) is 2.89. The van der Waals surface area contributed by atoms with Crippen molar-refractivity contribution in [3.8, 4) is 5.75 Å². The molecule has 0 unspecified atom stereocenters. The first-order valence-corrected chi connectivity index (χ1v) is 19.9. The number of benzene rings is 3. The van der Waals surface area contributed by atoms with E-state index in [9.17, 15) is 9.90 Å². The Morgan fingerprint density at radius 2 is 1.69 bits per heavy atom. The van der Waals surface area contributed by atoms with Gasteiger partial charge in [0.2, 0.25) is 0 Å². The molecule has 0 fully saturated rings. The number of hydrogen-bond donors (Lipinski definition) is 3. The standard InChI is InChI=1S/C28H23BI2N3O2/c29-24-17-30-31-34-25(24)15-21(23-8-4-5-9-26(23)35)16-27(34)32-18-20-10-12-22(13-11-20)33-28(36)14-19-6-2-1-3-7-19/h1-13,15-17,32,35H,14,18H2,(H,33,36)/q-1. The third kappa shape index (κ3) is 5.92. The zero-order chi connectivity index (χ0) is 24.9. The van der Waals surface area contributed by atoms with Crippen LogP contribution in [0.1, 0.15) is 16.7 Å². The van der Waals surface area contributed by atoms with Crippen LogP contribution in [-0.4, -0.2) is 26.0 Å². The van der Waals surface area contributed by atoms with Crippen LogP contribution in [0.2, 0.25) is 0 Å². The van der Waals surface area contributed by atoms with Crippen LogP contribution in [0.3, 0.4) is 0 Å². The van der Waals surface area contributed by atoms with Gasteiger partial charge in [0.25, 0.3) is 0 Å². The molecule has 5 rings (SSSR count). The Morgan fingerprint density at radius 1 is 0.944 bits per heavy atom. The van der Waals surface area contributed by atoms with Gasteiger partial charge in [-0.25, -0.2) is 0 Å². The molecule has 2 aliphatic heterocycles. The Bertz CT molecular complexity index is 1400. The molecule has 2 aliphatic rings. The number of rotatable bonds is 7. The van der Waals surface area contributed by atoms with Crippen molar-refractivity contribution in [2.24, 2.45) is 0 Å². The summed E-state index contributed by atoms with van der Waals surface area (Å²) in [4.78, 5) is 12.4. The fourth-order valence-corrected chi connectivity index (χ4v) is 12.3. The van der Waals surface area contributed by atoms with E-state index in [1.807, 2.05) is 72.8 Å². The van der Waals surface area contributed by atoms with Crippen LogP contribution >= 0.6 is 16.8 Å². The van der Waals surface area contributed by atoms with Gasteiger partial charge in [-0.2, -0.15) is 0 Å². The van der Waals surface area contributed by atoms with Gasteiger partial charge in [0.05, 0.1) is 0 Å². The zero-order valence-corrected chi connectivity index (χ0v) is 23.6. The van der Waals surface area contributed by atoms with Crippen molar-refractivity contribution in [2.45, 2.75) is 13.0 Å². The maximum atomic E-state index is 12.4. The SMILES string of the molecule is [B]C1=C2C=C(c3ccccc3O)C=C(NCc3ccc(NC(=O)Cc4ccccc4)cc3)N2[I-]I=C1. The zero-order valence-electron chi connectivity index (χ0n) is 19.3. The van der Waals surface area contributed by atoms with E-state index in [-0.39, 0.29) is 45.9 Å². The fourth-order valence-electron chi connectivity index (χ4n) is 3.88. The van der Waals surface area contributed by atoms with E-state index in [2.05, 4.69) is 29.9 Å². The molecular weight excluding hydrogens is 675 g/mol.